The number of hydrogen-bond acceptors (Lipinski definition) is 3. The molecular formula is C28H30BrO3P. The quantitative estimate of drug-likeness (QED) is 0.269. The monoisotopic (exact) mass is 524 g/mol. The van der Waals surface area contributed by atoms with Gasteiger partial charge in [0.2, 0.25) is 0 Å². The van der Waals surface area contributed by atoms with Crippen molar-refractivity contribution in [3.05, 3.63) is 115 Å². The molecule has 0 radical (unpaired) electrons. The molecule has 0 saturated heterocycles. The Morgan fingerprint density at radius 3 is 1.55 bits per heavy atom. The molecule has 4 aromatic carbocycles. The van der Waals surface area contributed by atoms with Gasteiger partial charge >= 0.3 is 190 Å². The second-order valence-electron chi connectivity index (χ2n) is 7.72. The van der Waals surface area contributed by atoms with Crippen molar-refractivity contribution in [3.8, 4) is 11.5 Å². The number of para-hydroxylation sites is 1. The molecule has 0 N–H and O–H groups in total. The molecule has 4 rings (SSSR count). The molecule has 0 amide bonds. The van der Waals surface area contributed by atoms with Gasteiger partial charge < -0.3 is 0 Å². The molecule has 0 aliphatic heterocycles. The van der Waals surface area contributed by atoms with Crippen LogP contribution in [0.25, 0.3) is 0 Å². The Labute approximate surface area is 207 Å². The Morgan fingerprint density at radius 2 is 1.09 bits per heavy atom. The Morgan fingerprint density at radius 1 is 0.576 bits per heavy atom. The summed E-state index contributed by atoms with van der Waals surface area (Å²) in [6.45, 7) is -3.53. The summed E-state index contributed by atoms with van der Waals surface area (Å²) in [6, 6.07) is 37.7. The molecule has 0 aliphatic rings. The zero-order valence-electron chi connectivity index (χ0n) is 19.2. The standard InChI is InChI=1S/C28H29O3P.BrH/c1-29-26-20-13-21-27(28(26)30-2)32(31-3,24-16-9-5-10-17-24,25-18-11-6-12-19-25)22-23-14-7-4-8-15-23;/h4-21H,22H2,1-3H3;1H. The number of methoxy groups -OCH3 is 2. The van der Waals surface area contributed by atoms with E-state index in [-0.39, 0.29) is 17.0 Å². The van der Waals surface area contributed by atoms with Crippen molar-refractivity contribution in [2.24, 2.45) is 0 Å². The summed E-state index contributed by atoms with van der Waals surface area (Å²) in [6.07, 6.45) is 0.695. The van der Waals surface area contributed by atoms with Crippen LogP contribution in [-0.2, 0) is 10.7 Å². The van der Waals surface area contributed by atoms with Crippen LogP contribution in [0.3, 0.4) is 0 Å². The van der Waals surface area contributed by atoms with Crippen LogP contribution in [0.15, 0.2) is 109 Å². The van der Waals surface area contributed by atoms with Crippen LogP contribution in [0.5, 0.6) is 11.5 Å². The topological polar surface area (TPSA) is 27.7 Å². The van der Waals surface area contributed by atoms with Gasteiger partial charge in [-0.3, -0.25) is 0 Å². The predicted molar refractivity (Wildman–Crippen MR) is 146 cm³/mol. The first-order valence-corrected chi connectivity index (χ1v) is 13.0. The summed E-state index contributed by atoms with van der Waals surface area (Å²) < 4.78 is 18.7. The Bertz CT molecular complexity index is 1130. The molecule has 4 aromatic rings. The van der Waals surface area contributed by atoms with E-state index in [1.807, 2.05) is 37.4 Å². The van der Waals surface area contributed by atoms with Gasteiger partial charge in [-0.2, -0.15) is 0 Å². The molecule has 3 nitrogen and oxygen atoms in total. The van der Waals surface area contributed by atoms with Crippen molar-refractivity contribution in [2.75, 3.05) is 21.3 Å². The van der Waals surface area contributed by atoms with Crippen LogP contribution < -0.4 is 25.4 Å². The van der Waals surface area contributed by atoms with Crippen LogP contribution in [0.2, 0.25) is 0 Å². The molecule has 33 heavy (non-hydrogen) atoms. The molecule has 0 saturated carbocycles. The van der Waals surface area contributed by atoms with Crippen molar-refractivity contribution in [1.29, 1.82) is 0 Å². The average Bonchev–Trinajstić information content (AvgIpc) is 2.88. The minimum absolute atomic E-state index is 0. The fraction of sp³-hybridized carbons (Fsp3) is 0.143. The number of ether oxygens (including phenoxy) is 2. The maximum atomic E-state index is 6.92. The predicted octanol–water partition coefficient (Wildman–Crippen LogP) is 5.87. The third kappa shape index (κ3) is 4.08. The molecule has 0 fully saturated rings. The third-order valence-electron chi connectivity index (χ3n) is 6.23. The van der Waals surface area contributed by atoms with Gasteiger partial charge in [0, 0.05) is 0 Å². The Hall–Kier alpha value is -2.65. The van der Waals surface area contributed by atoms with Gasteiger partial charge in [0.1, 0.15) is 0 Å². The summed E-state index contributed by atoms with van der Waals surface area (Å²) in [5, 5.41) is 3.30. The molecule has 0 atom stereocenters. The zero-order valence-corrected chi connectivity index (χ0v) is 21.8. The molecule has 0 bridgehead atoms. The van der Waals surface area contributed by atoms with Gasteiger partial charge in [0.25, 0.3) is 0 Å². The summed E-state index contributed by atoms with van der Waals surface area (Å²) in [5.41, 5.74) is 1.20. The van der Waals surface area contributed by atoms with E-state index in [1.54, 1.807) is 14.2 Å². The molecule has 0 aromatic heterocycles. The van der Waals surface area contributed by atoms with Crippen molar-refractivity contribution in [3.63, 3.8) is 0 Å². The van der Waals surface area contributed by atoms with E-state index in [2.05, 4.69) is 78.9 Å². The minimum atomic E-state index is -3.53. The van der Waals surface area contributed by atoms with Crippen molar-refractivity contribution in [2.45, 2.75) is 6.16 Å². The number of hydrogen-bond donors (Lipinski definition) is 0. The van der Waals surface area contributed by atoms with E-state index in [0.29, 0.717) is 17.7 Å². The second kappa shape index (κ2) is 10.5. The first-order chi connectivity index (χ1) is 15.7. The van der Waals surface area contributed by atoms with Crippen molar-refractivity contribution < 1.29 is 14.0 Å². The fourth-order valence-corrected chi connectivity index (χ4v) is 10.4. The SMILES string of the molecule is Br.COc1cccc(P(Cc2ccccc2)(OC)(c2ccccc2)c2ccccc2)c1OC. The average molecular weight is 525 g/mol. The van der Waals surface area contributed by atoms with Gasteiger partial charge in [0.05, 0.1) is 0 Å². The van der Waals surface area contributed by atoms with E-state index in [4.69, 9.17) is 14.0 Å². The summed E-state index contributed by atoms with van der Waals surface area (Å²) >= 11 is 0. The molecule has 5 heteroatoms. The van der Waals surface area contributed by atoms with E-state index >= 15 is 0 Å². The van der Waals surface area contributed by atoms with Crippen LogP contribution >= 0.6 is 23.8 Å². The van der Waals surface area contributed by atoms with Gasteiger partial charge in [-0.05, 0) is 0 Å². The molecule has 0 unspecified atom stereocenters. The summed E-state index contributed by atoms with van der Waals surface area (Å²) in [4.78, 5) is 0. The van der Waals surface area contributed by atoms with Gasteiger partial charge in [-0.1, -0.05) is 0 Å². The molecule has 0 aliphatic carbocycles. The van der Waals surface area contributed by atoms with E-state index in [9.17, 15) is 0 Å². The van der Waals surface area contributed by atoms with E-state index < -0.39 is 6.83 Å². The number of benzene rings is 4. The molecular weight excluding hydrogens is 495 g/mol. The van der Waals surface area contributed by atoms with Gasteiger partial charge in [0.15, 0.2) is 0 Å². The number of halogens is 1. The van der Waals surface area contributed by atoms with E-state index in [0.717, 1.165) is 15.9 Å². The van der Waals surface area contributed by atoms with Crippen molar-refractivity contribution in [1.82, 2.24) is 0 Å². The molecule has 172 valence electrons. The molecule has 0 spiro atoms. The Kier molecular flexibility index (Phi) is 7.97. The van der Waals surface area contributed by atoms with Crippen LogP contribution in [0.1, 0.15) is 5.56 Å². The van der Waals surface area contributed by atoms with E-state index in [1.165, 1.54) is 5.56 Å². The van der Waals surface area contributed by atoms with Gasteiger partial charge in [-0.15, -0.1) is 17.0 Å². The first-order valence-electron chi connectivity index (χ1n) is 10.6. The van der Waals surface area contributed by atoms with Crippen molar-refractivity contribution >= 4 is 39.7 Å². The Balaban J connectivity index is 0.00000306. The van der Waals surface area contributed by atoms with Crippen LogP contribution in [0.4, 0.5) is 0 Å². The summed E-state index contributed by atoms with van der Waals surface area (Å²) in [5.74, 6) is 1.40. The van der Waals surface area contributed by atoms with Gasteiger partial charge in [-0.25, -0.2) is 0 Å². The number of rotatable bonds is 8. The zero-order chi connectivity index (χ0) is 22.5. The third-order valence-corrected chi connectivity index (χ3v) is 12.2. The van der Waals surface area contributed by atoms with Crippen LogP contribution in [-0.4, -0.2) is 21.3 Å². The van der Waals surface area contributed by atoms with Crippen LogP contribution in [0, 0.1) is 0 Å². The maximum absolute atomic E-state index is 6.92. The fourth-order valence-electron chi connectivity index (χ4n) is 4.73. The second-order valence-corrected chi connectivity index (χ2v) is 12.3. The first kappa shape index (κ1) is 25.0. The molecule has 0 heterocycles. The summed E-state index contributed by atoms with van der Waals surface area (Å²) in [7, 11) is 5.20. The normalized spacial score (nSPS) is 12.2.